The fourth-order valence-corrected chi connectivity index (χ4v) is 1.52. The zero-order chi connectivity index (χ0) is 13.4. The van der Waals surface area contributed by atoms with Crippen molar-refractivity contribution in [3.63, 3.8) is 0 Å². The molecular formula is C14H22O4. The smallest absolute Gasteiger partial charge is 0.161 e. The molecule has 1 atom stereocenters. The third-order valence-electron chi connectivity index (χ3n) is 2.50. The molecule has 0 heterocycles. The van der Waals surface area contributed by atoms with Gasteiger partial charge in [0.15, 0.2) is 11.5 Å². The second kappa shape index (κ2) is 7.95. The van der Waals surface area contributed by atoms with Gasteiger partial charge in [0, 0.05) is 6.61 Å². The maximum atomic E-state index is 9.49. The number of hydrogen-bond acceptors (Lipinski definition) is 4. The average molecular weight is 254 g/mol. The van der Waals surface area contributed by atoms with Crippen LogP contribution in [-0.2, 0) is 4.74 Å². The van der Waals surface area contributed by atoms with Gasteiger partial charge in [-0.15, -0.1) is 0 Å². The van der Waals surface area contributed by atoms with Crippen molar-refractivity contribution in [1.82, 2.24) is 0 Å². The molecule has 4 heteroatoms. The van der Waals surface area contributed by atoms with Crippen LogP contribution in [0.4, 0.5) is 0 Å². The van der Waals surface area contributed by atoms with Crippen LogP contribution in [0.1, 0.15) is 31.9 Å². The number of aliphatic hydroxyl groups excluding tert-OH is 1. The summed E-state index contributed by atoms with van der Waals surface area (Å²) in [6, 6.07) is 5.42. The maximum absolute atomic E-state index is 9.49. The topological polar surface area (TPSA) is 47.9 Å². The second-order valence-electron chi connectivity index (χ2n) is 4.05. The van der Waals surface area contributed by atoms with Crippen LogP contribution in [0.15, 0.2) is 18.2 Å². The third kappa shape index (κ3) is 4.55. The first-order chi connectivity index (χ1) is 8.69. The van der Waals surface area contributed by atoms with Gasteiger partial charge in [-0.3, -0.25) is 0 Å². The Morgan fingerprint density at radius 1 is 1.17 bits per heavy atom. The quantitative estimate of drug-likeness (QED) is 0.724. The molecule has 0 radical (unpaired) electrons. The van der Waals surface area contributed by atoms with Crippen LogP contribution >= 0.6 is 0 Å². The number of hydrogen-bond donors (Lipinski definition) is 1. The van der Waals surface area contributed by atoms with Crippen molar-refractivity contribution in [2.45, 2.75) is 26.4 Å². The van der Waals surface area contributed by atoms with Gasteiger partial charge in [-0.2, -0.15) is 0 Å². The van der Waals surface area contributed by atoms with Gasteiger partial charge in [-0.05, 0) is 31.0 Å². The summed E-state index contributed by atoms with van der Waals surface area (Å²) in [5.41, 5.74) is 0.807. The molecular weight excluding hydrogens is 232 g/mol. The molecule has 0 aromatic heterocycles. The van der Waals surface area contributed by atoms with E-state index < -0.39 is 6.10 Å². The lowest BCUT2D eigenvalue weighted by molar-refractivity contribution is 0.0994. The van der Waals surface area contributed by atoms with E-state index in [9.17, 15) is 5.11 Å². The Morgan fingerprint density at radius 2 is 1.94 bits per heavy atom. The van der Waals surface area contributed by atoms with Crippen LogP contribution in [-0.4, -0.2) is 32.0 Å². The van der Waals surface area contributed by atoms with E-state index in [0.29, 0.717) is 24.7 Å². The first-order valence-electron chi connectivity index (χ1n) is 6.25. The highest BCUT2D eigenvalue weighted by molar-refractivity contribution is 5.43. The van der Waals surface area contributed by atoms with Crippen molar-refractivity contribution in [2.75, 3.05) is 26.9 Å². The summed E-state index contributed by atoms with van der Waals surface area (Å²) in [4.78, 5) is 0. The van der Waals surface area contributed by atoms with E-state index in [4.69, 9.17) is 14.2 Å². The fraction of sp³-hybridized carbons (Fsp3) is 0.571. The summed E-state index contributed by atoms with van der Waals surface area (Å²) < 4.78 is 16.1. The molecule has 102 valence electrons. The Hall–Kier alpha value is -1.26. The van der Waals surface area contributed by atoms with E-state index in [1.807, 2.05) is 6.07 Å². The minimum absolute atomic E-state index is 0.490. The van der Waals surface area contributed by atoms with E-state index >= 15 is 0 Å². The molecule has 0 fully saturated rings. The van der Waals surface area contributed by atoms with E-state index in [1.165, 1.54) is 0 Å². The van der Waals surface area contributed by atoms with Gasteiger partial charge in [-0.1, -0.05) is 13.0 Å². The van der Waals surface area contributed by atoms with Crippen LogP contribution in [0, 0.1) is 0 Å². The zero-order valence-corrected chi connectivity index (χ0v) is 11.3. The van der Waals surface area contributed by atoms with Crippen LogP contribution in [0.25, 0.3) is 0 Å². The molecule has 0 amide bonds. The zero-order valence-electron chi connectivity index (χ0n) is 11.3. The molecule has 0 spiro atoms. The van der Waals surface area contributed by atoms with Crippen molar-refractivity contribution < 1.29 is 19.3 Å². The van der Waals surface area contributed by atoms with Crippen molar-refractivity contribution in [3.05, 3.63) is 23.8 Å². The Morgan fingerprint density at radius 3 is 2.56 bits per heavy atom. The van der Waals surface area contributed by atoms with E-state index in [1.54, 1.807) is 26.2 Å². The summed E-state index contributed by atoms with van der Waals surface area (Å²) in [6.07, 6.45) is 0.493. The van der Waals surface area contributed by atoms with Crippen molar-refractivity contribution in [1.29, 1.82) is 0 Å². The Labute approximate surface area is 108 Å². The van der Waals surface area contributed by atoms with Gasteiger partial charge in [0.1, 0.15) is 6.61 Å². The number of rotatable bonds is 8. The number of methoxy groups -OCH3 is 1. The highest BCUT2D eigenvalue weighted by Crippen LogP contribution is 2.30. The van der Waals surface area contributed by atoms with Crippen LogP contribution in [0.3, 0.4) is 0 Å². The predicted molar refractivity (Wildman–Crippen MR) is 70.2 cm³/mol. The molecule has 0 saturated heterocycles. The summed E-state index contributed by atoms with van der Waals surface area (Å²) >= 11 is 0. The Kier molecular flexibility index (Phi) is 6.54. The molecule has 18 heavy (non-hydrogen) atoms. The summed E-state index contributed by atoms with van der Waals surface area (Å²) in [5.74, 6) is 1.30. The molecule has 0 saturated carbocycles. The van der Waals surface area contributed by atoms with Gasteiger partial charge in [0.25, 0.3) is 0 Å². The number of benzene rings is 1. The van der Waals surface area contributed by atoms with Gasteiger partial charge >= 0.3 is 0 Å². The van der Waals surface area contributed by atoms with E-state index in [0.717, 1.165) is 18.6 Å². The number of ether oxygens (including phenoxy) is 3. The van der Waals surface area contributed by atoms with Crippen LogP contribution in [0.5, 0.6) is 11.5 Å². The summed E-state index contributed by atoms with van der Waals surface area (Å²) in [5, 5.41) is 9.49. The average Bonchev–Trinajstić information content (AvgIpc) is 2.38. The highest BCUT2D eigenvalue weighted by atomic mass is 16.5. The fourth-order valence-electron chi connectivity index (χ4n) is 1.52. The molecule has 0 aliphatic rings. The van der Waals surface area contributed by atoms with Crippen molar-refractivity contribution in [3.8, 4) is 11.5 Å². The molecule has 1 aromatic rings. The van der Waals surface area contributed by atoms with Crippen LogP contribution in [0.2, 0.25) is 0 Å². The monoisotopic (exact) mass is 254 g/mol. The van der Waals surface area contributed by atoms with Gasteiger partial charge < -0.3 is 19.3 Å². The predicted octanol–water partition coefficient (Wildman–Crippen LogP) is 2.55. The minimum Gasteiger partial charge on any atom is -0.493 e. The van der Waals surface area contributed by atoms with Crippen LogP contribution < -0.4 is 9.47 Å². The van der Waals surface area contributed by atoms with E-state index in [2.05, 4.69) is 6.92 Å². The van der Waals surface area contributed by atoms with Gasteiger partial charge in [0.2, 0.25) is 0 Å². The molecule has 0 bridgehead atoms. The normalized spacial score (nSPS) is 12.2. The standard InChI is InChI=1S/C14H22O4/c1-4-7-17-8-9-18-13-6-5-12(11(2)15)10-14(13)16-3/h5-6,10-11,15H,4,7-9H2,1-3H3. The molecule has 1 aromatic carbocycles. The molecule has 1 unspecified atom stereocenters. The van der Waals surface area contributed by atoms with Crippen molar-refractivity contribution >= 4 is 0 Å². The Balaban J connectivity index is 2.54. The lowest BCUT2D eigenvalue weighted by Crippen LogP contribution is -2.08. The lowest BCUT2D eigenvalue weighted by Gasteiger charge is -2.13. The highest BCUT2D eigenvalue weighted by Gasteiger charge is 2.08. The third-order valence-corrected chi connectivity index (χ3v) is 2.50. The first-order valence-corrected chi connectivity index (χ1v) is 6.25. The summed E-state index contributed by atoms with van der Waals surface area (Å²) in [7, 11) is 1.58. The van der Waals surface area contributed by atoms with E-state index in [-0.39, 0.29) is 0 Å². The molecule has 0 aliphatic carbocycles. The molecule has 4 nitrogen and oxygen atoms in total. The SMILES string of the molecule is CCCOCCOc1ccc(C(C)O)cc1OC. The summed E-state index contributed by atoms with van der Waals surface area (Å²) in [6.45, 7) is 5.59. The second-order valence-corrected chi connectivity index (χ2v) is 4.05. The lowest BCUT2D eigenvalue weighted by atomic mass is 10.1. The first kappa shape index (κ1) is 14.8. The largest absolute Gasteiger partial charge is 0.493 e. The molecule has 0 aliphatic heterocycles. The number of aliphatic hydroxyl groups is 1. The molecule has 1 rings (SSSR count). The molecule has 1 N–H and O–H groups in total. The van der Waals surface area contributed by atoms with Gasteiger partial charge in [0.05, 0.1) is 19.8 Å². The van der Waals surface area contributed by atoms with Crippen molar-refractivity contribution in [2.24, 2.45) is 0 Å². The minimum atomic E-state index is -0.513. The Bertz CT molecular complexity index is 350. The maximum Gasteiger partial charge on any atom is 0.161 e. The van der Waals surface area contributed by atoms with Gasteiger partial charge in [-0.25, -0.2) is 0 Å².